The Morgan fingerprint density at radius 1 is 1.14 bits per heavy atom. The zero-order chi connectivity index (χ0) is 20.6. The number of hydrazone groups is 1. The number of hydrogen-bond donors (Lipinski definition) is 3. The molecule has 3 N–H and O–H groups in total. The molecule has 29 heavy (non-hydrogen) atoms. The van der Waals surface area contributed by atoms with Crippen LogP contribution in [-0.4, -0.2) is 38.4 Å². The Labute approximate surface area is 172 Å². The summed E-state index contributed by atoms with van der Waals surface area (Å²) in [5.41, 5.74) is 12.1. The van der Waals surface area contributed by atoms with Crippen molar-refractivity contribution in [1.29, 1.82) is 0 Å². The van der Waals surface area contributed by atoms with E-state index in [2.05, 4.69) is 52.3 Å². The van der Waals surface area contributed by atoms with Crippen molar-refractivity contribution in [2.75, 3.05) is 25.1 Å². The molecular weight excluding hydrogens is 366 g/mol. The van der Waals surface area contributed by atoms with E-state index in [0.717, 1.165) is 30.0 Å². The van der Waals surface area contributed by atoms with E-state index in [1.807, 2.05) is 36.4 Å². The highest BCUT2D eigenvalue weighted by Crippen LogP contribution is 2.24. The Balaban J connectivity index is 1.50. The van der Waals surface area contributed by atoms with Crippen molar-refractivity contribution < 1.29 is 9.53 Å². The number of ether oxygens (including phenoxy) is 1. The van der Waals surface area contributed by atoms with E-state index in [4.69, 9.17) is 4.74 Å². The predicted octanol–water partition coefficient (Wildman–Crippen LogP) is 2.60. The molecule has 0 aliphatic carbocycles. The summed E-state index contributed by atoms with van der Waals surface area (Å²) in [5, 5.41) is 4.10. The van der Waals surface area contributed by atoms with E-state index in [-0.39, 0.29) is 18.0 Å². The summed E-state index contributed by atoms with van der Waals surface area (Å²) < 4.78 is 5.18. The van der Waals surface area contributed by atoms with Crippen LogP contribution in [0.5, 0.6) is 5.75 Å². The van der Waals surface area contributed by atoms with Gasteiger partial charge < -0.3 is 9.64 Å². The van der Waals surface area contributed by atoms with Crippen molar-refractivity contribution >= 4 is 17.8 Å². The molecule has 1 heterocycles. The molecule has 3 rings (SSSR count). The van der Waals surface area contributed by atoms with Crippen LogP contribution in [0.2, 0.25) is 0 Å². The molecule has 1 aliphatic heterocycles. The maximum absolute atomic E-state index is 12.4. The third kappa shape index (κ3) is 5.34. The monoisotopic (exact) mass is 395 g/mol. The van der Waals surface area contributed by atoms with E-state index in [9.17, 15) is 4.79 Å². The number of hydrogen-bond acceptors (Lipinski definition) is 6. The lowest BCUT2D eigenvalue weighted by molar-refractivity contribution is -0.122. The first-order chi connectivity index (χ1) is 14.1. The van der Waals surface area contributed by atoms with Crippen molar-refractivity contribution in [2.24, 2.45) is 5.10 Å². The Kier molecular flexibility index (Phi) is 7.21. The van der Waals surface area contributed by atoms with Gasteiger partial charge in [-0.3, -0.25) is 4.79 Å². The fourth-order valence-electron chi connectivity index (χ4n) is 3.39. The average molecular weight is 396 g/mol. The van der Waals surface area contributed by atoms with Gasteiger partial charge in [0.15, 0.2) is 0 Å². The van der Waals surface area contributed by atoms with Crippen LogP contribution in [0.1, 0.15) is 37.4 Å². The van der Waals surface area contributed by atoms with Crippen LogP contribution in [0.3, 0.4) is 0 Å². The molecule has 0 aromatic heterocycles. The number of benzene rings is 2. The quantitative estimate of drug-likeness (QED) is 0.473. The molecule has 2 aromatic carbocycles. The molecule has 1 amide bonds. The van der Waals surface area contributed by atoms with Gasteiger partial charge in [-0.1, -0.05) is 24.3 Å². The normalized spacial score (nSPS) is 18.7. The van der Waals surface area contributed by atoms with Crippen molar-refractivity contribution in [3.05, 3.63) is 59.7 Å². The number of hydrazine groups is 1. The molecule has 2 unspecified atom stereocenters. The fourth-order valence-corrected chi connectivity index (χ4v) is 3.39. The minimum absolute atomic E-state index is 0.0632. The highest BCUT2D eigenvalue weighted by Gasteiger charge is 2.29. The Bertz CT molecular complexity index is 816. The number of carbonyl (C=O) groups is 1. The third-order valence-electron chi connectivity index (χ3n) is 5.15. The smallest absolute Gasteiger partial charge is 0.258 e. The van der Waals surface area contributed by atoms with Gasteiger partial charge in [-0.2, -0.15) is 5.10 Å². The Morgan fingerprint density at radius 3 is 2.45 bits per heavy atom. The lowest BCUT2D eigenvalue weighted by Crippen LogP contribution is -2.41. The third-order valence-corrected chi connectivity index (χ3v) is 5.15. The van der Waals surface area contributed by atoms with Crippen LogP contribution < -0.4 is 25.9 Å². The summed E-state index contributed by atoms with van der Waals surface area (Å²) in [7, 11) is 1.64. The van der Waals surface area contributed by atoms with E-state index in [1.54, 1.807) is 13.3 Å². The van der Waals surface area contributed by atoms with Gasteiger partial charge >= 0.3 is 0 Å². The summed E-state index contributed by atoms with van der Waals surface area (Å²) in [4.78, 5) is 14.7. The Morgan fingerprint density at radius 2 is 1.83 bits per heavy atom. The number of anilines is 1. The topological polar surface area (TPSA) is 78.0 Å². The lowest BCUT2D eigenvalue weighted by atomic mass is 10.0. The molecule has 154 valence electrons. The molecule has 0 saturated carbocycles. The molecule has 7 nitrogen and oxygen atoms in total. The first kappa shape index (κ1) is 20.8. The van der Waals surface area contributed by atoms with E-state index < -0.39 is 0 Å². The second-order valence-corrected chi connectivity index (χ2v) is 6.90. The summed E-state index contributed by atoms with van der Waals surface area (Å²) in [6, 6.07) is 15.7. The standard InChI is InChI=1S/C22H29N5O2/c1-4-27(5-2)18-10-6-16(7-11-18)15-23-26-22(28)21-14-20(24-25-21)17-8-12-19(29-3)13-9-17/h6-13,15,20-21,24-25H,4-5,14H2,1-3H3,(H,26,28)/b23-15+. The van der Waals surface area contributed by atoms with Gasteiger partial charge in [0, 0.05) is 24.8 Å². The van der Waals surface area contributed by atoms with Crippen molar-refractivity contribution in [3.8, 4) is 5.75 Å². The SMILES string of the molecule is CCN(CC)c1ccc(/C=N/NC(=O)C2CC(c3ccc(OC)cc3)NN2)cc1. The highest BCUT2D eigenvalue weighted by atomic mass is 16.5. The number of nitrogens with one attached hydrogen (secondary N) is 3. The number of amides is 1. The zero-order valence-electron chi connectivity index (χ0n) is 17.2. The van der Waals surface area contributed by atoms with E-state index in [0.29, 0.717) is 6.42 Å². The molecule has 2 aromatic rings. The van der Waals surface area contributed by atoms with E-state index in [1.165, 1.54) is 5.69 Å². The molecule has 0 radical (unpaired) electrons. The van der Waals surface area contributed by atoms with Gasteiger partial charge in [-0.25, -0.2) is 16.3 Å². The summed E-state index contributed by atoms with van der Waals surface area (Å²) in [6.45, 7) is 6.22. The number of nitrogens with zero attached hydrogens (tertiary/aromatic N) is 2. The van der Waals surface area contributed by atoms with Gasteiger partial charge in [0.1, 0.15) is 11.8 Å². The molecule has 0 bridgehead atoms. The van der Waals surface area contributed by atoms with Gasteiger partial charge in [0.05, 0.1) is 13.3 Å². The van der Waals surface area contributed by atoms with Gasteiger partial charge in [0.25, 0.3) is 5.91 Å². The average Bonchev–Trinajstić information content (AvgIpc) is 3.26. The van der Waals surface area contributed by atoms with Crippen LogP contribution in [0, 0.1) is 0 Å². The minimum atomic E-state index is -0.343. The Hall–Kier alpha value is -2.90. The molecule has 7 heteroatoms. The molecule has 1 saturated heterocycles. The summed E-state index contributed by atoms with van der Waals surface area (Å²) >= 11 is 0. The fraction of sp³-hybridized carbons (Fsp3) is 0.364. The van der Waals surface area contributed by atoms with Crippen molar-refractivity contribution in [2.45, 2.75) is 32.4 Å². The van der Waals surface area contributed by atoms with Crippen molar-refractivity contribution in [3.63, 3.8) is 0 Å². The lowest BCUT2D eigenvalue weighted by Gasteiger charge is -2.20. The minimum Gasteiger partial charge on any atom is -0.497 e. The second-order valence-electron chi connectivity index (χ2n) is 6.90. The van der Waals surface area contributed by atoms with Gasteiger partial charge in [-0.15, -0.1) is 0 Å². The van der Waals surface area contributed by atoms with Gasteiger partial charge in [0.2, 0.25) is 0 Å². The first-order valence-corrected chi connectivity index (χ1v) is 9.97. The van der Waals surface area contributed by atoms with E-state index >= 15 is 0 Å². The molecule has 1 fully saturated rings. The van der Waals surface area contributed by atoms with Crippen LogP contribution in [-0.2, 0) is 4.79 Å². The first-order valence-electron chi connectivity index (χ1n) is 9.97. The van der Waals surface area contributed by atoms with Crippen LogP contribution in [0.4, 0.5) is 5.69 Å². The highest BCUT2D eigenvalue weighted by molar-refractivity contribution is 5.85. The predicted molar refractivity (Wildman–Crippen MR) is 116 cm³/mol. The molecule has 1 aliphatic rings. The molecule has 0 spiro atoms. The van der Waals surface area contributed by atoms with Gasteiger partial charge in [-0.05, 0) is 55.7 Å². The molecule has 2 atom stereocenters. The summed E-state index contributed by atoms with van der Waals surface area (Å²) in [6.07, 6.45) is 2.31. The zero-order valence-corrected chi connectivity index (χ0v) is 17.2. The van der Waals surface area contributed by atoms with Crippen LogP contribution in [0.25, 0.3) is 0 Å². The van der Waals surface area contributed by atoms with Crippen LogP contribution in [0.15, 0.2) is 53.6 Å². The maximum Gasteiger partial charge on any atom is 0.258 e. The summed E-state index contributed by atoms with van der Waals surface area (Å²) in [5.74, 6) is 0.651. The number of methoxy groups -OCH3 is 1. The molecular formula is C22H29N5O2. The van der Waals surface area contributed by atoms with Crippen molar-refractivity contribution in [1.82, 2.24) is 16.3 Å². The maximum atomic E-state index is 12.4. The number of rotatable bonds is 8. The van der Waals surface area contributed by atoms with Crippen LogP contribution >= 0.6 is 0 Å². The number of carbonyl (C=O) groups excluding carboxylic acids is 1. The largest absolute Gasteiger partial charge is 0.497 e. The second kappa shape index (κ2) is 10.0.